The van der Waals surface area contributed by atoms with Crippen LogP contribution < -0.4 is 10.0 Å². The Hall–Kier alpha value is -0.470. The van der Waals surface area contributed by atoms with E-state index in [1.165, 1.54) is 11.3 Å². The Bertz CT molecular complexity index is 585. The van der Waals surface area contributed by atoms with Crippen LogP contribution in [0.25, 0.3) is 0 Å². The van der Waals surface area contributed by atoms with E-state index in [-0.39, 0.29) is 18.2 Å². The smallest absolute Gasteiger partial charge is 0.250 e. The Labute approximate surface area is 130 Å². The zero-order valence-electron chi connectivity index (χ0n) is 12.2. The highest BCUT2D eigenvalue weighted by Crippen LogP contribution is 2.35. The van der Waals surface area contributed by atoms with E-state index in [1.807, 2.05) is 6.07 Å². The van der Waals surface area contributed by atoms with Crippen LogP contribution in [0.5, 0.6) is 0 Å². The normalized spacial score (nSPS) is 28.3. The van der Waals surface area contributed by atoms with Gasteiger partial charge in [0.1, 0.15) is 4.21 Å². The lowest BCUT2D eigenvalue weighted by molar-refractivity contribution is 0.0996. The Morgan fingerprint density at radius 3 is 2.90 bits per heavy atom. The van der Waals surface area contributed by atoms with Gasteiger partial charge in [-0.1, -0.05) is 6.92 Å². The number of sulfonamides is 1. The van der Waals surface area contributed by atoms with Crippen molar-refractivity contribution in [1.29, 1.82) is 0 Å². The average molecular weight is 330 g/mol. The van der Waals surface area contributed by atoms with Crippen LogP contribution in [0, 0.1) is 0 Å². The second-order valence-electron chi connectivity index (χ2n) is 5.66. The van der Waals surface area contributed by atoms with Crippen molar-refractivity contribution in [2.45, 2.75) is 55.1 Å². The van der Waals surface area contributed by atoms with Crippen LogP contribution in [-0.4, -0.2) is 39.8 Å². The van der Waals surface area contributed by atoms with Crippen LogP contribution in [0.4, 0.5) is 0 Å². The number of hydrogen-bond acceptors (Lipinski definition) is 5. The fourth-order valence-electron chi connectivity index (χ4n) is 3.04. The lowest BCUT2D eigenvalue weighted by Crippen LogP contribution is -2.41. The summed E-state index contributed by atoms with van der Waals surface area (Å²) in [4.78, 5) is 1.10. The molecule has 1 aromatic heterocycles. The second-order valence-corrected chi connectivity index (χ2v) is 8.77. The molecule has 2 N–H and O–H groups in total. The van der Waals surface area contributed by atoms with Crippen molar-refractivity contribution in [2.24, 2.45) is 0 Å². The van der Waals surface area contributed by atoms with E-state index in [0.717, 1.165) is 43.6 Å². The number of likely N-dealkylation sites (N-methyl/N-ethyl adjacent to an activating group) is 1. The molecule has 0 aliphatic carbocycles. The van der Waals surface area contributed by atoms with Gasteiger partial charge in [0.05, 0.1) is 18.2 Å². The van der Waals surface area contributed by atoms with Crippen LogP contribution >= 0.6 is 11.3 Å². The topological polar surface area (TPSA) is 67.4 Å². The minimum Gasteiger partial charge on any atom is -0.373 e. The molecule has 0 radical (unpaired) electrons. The van der Waals surface area contributed by atoms with E-state index < -0.39 is 10.0 Å². The summed E-state index contributed by atoms with van der Waals surface area (Å²) in [5.41, 5.74) is 0. The largest absolute Gasteiger partial charge is 0.373 e. The highest BCUT2D eigenvalue weighted by molar-refractivity contribution is 7.91. The first kappa shape index (κ1) is 15.4. The molecule has 7 heteroatoms. The Morgan fingerprint density at radius 1 is 1.38 bits per heavy atom. The predicted molar refractivity (Wildman–Crippen MR) is 83.2 cm³/mol. The molecule has 3 rings (SSSR count). The van der Waals surface area contributed by atoms with E-state index >= 15 is 0 Å². The summed E-state index contributed by atoms with van der Waals surface area (Å²) >= 11 is 1.36. The third kappa shape index (κ3) is 3.48. The van der Waals surface area contributed by atoms with Gasteiger partial charge in [-0.25, -0.2) is 13.1 Å². The summed E-state index contributed by atoms with van der Waals surface area (Å²) in [7, 11) is -3.41. The van der Waals surface area contributed by atoms with Gasteiger partial charge in [0, 0.05) is 4.88 Å². The van der Waals surface area contributed by atoms with Crippen LogP contribution in [0.1, 0.15) is 31.1 Å². The summed E-state index contributed by atoms with van der Waals surface area (Å²) in [6.07, 6.45) is 4.03. The van der Waals surface area contributed by atoms with Gasteiger partial charge in [-0.15, -0.1) is 11.3 Å². The molecular formula is C14H22N2O3S2. The van der Waals surface area contributed by atoms with Crippen molar-refractivity contribution >= 4 is 21.4 Å². The van der Waals surface area contributed by atoms with E-state index in [1.54, 1.807) is 6.07 Å². The maximum Gasteiger partial charge on any atom is 0.250 e. The molecule has 3 heterocycles. The van der Waals surface area contributed by atoms with Gasteiger partial charge in [-0.3, -0.25) is 0 Å². The molecule has 0 amide bonds. The van der Waals surface area contributed by atoms with Crippen molar-refractivity contribution in [2.75, 3.05) is 13.1 Å². The maximum absolute atomic E-state index is 12.4. The van der Waals surface area contributed by atoms with Gasteiger partial charge in [0.25, 0.3) is 0 Å². The molecule has 2 fully saturated rings. The third-order valence-electron chi connectivity index (χ3n) is 4.11. The Morgan fingerprint density at radius 2 is 2.24 bits per heavy atom. The Balaban J connectivity index is 1.62. The monoisotopic (exact) mass is 330 g/mol. The first-order valence-electron chi connectivity index (χ1n) is 7.55. The van der Waals surface area contributed by atoms with Crippen molar-refractivity contribution in [3.63, 3.8) is 0 Å². The van der Waals surface area contributed by atoms with Crippen LogP contribution in [0.3, 0.4) is 0 Å². The molecule has 5 nitrogen and oxygen atoms in total. The van der Waals surface area contributed by atoms with Gasteiger partial charge in [0.2, 0.25) is 10.0 Å². The van der Waals surface area contributed by atoms with Gasteiger partial charge in [-0.2, -0.15) is 0 Å². The summed E-state index contributed by atoms with van der Waals surface area (Å²) in [5.74, 6) is 0. The highest BCUT2D eigenvalue weighted by Gasteiger charge is 2.42. The lowest BCUT2D eigenvalue weighted by atomic mass is 9.96. The van der Waals surface area contributed by atoms with Crippen LogP contribution in [0.15, 0.2) is 16.3 Å². The summed E-state index contributed by atoms with van der Waals surface area (Å²) in [6, 6.07) is 3.57. The van der Waals surface area contributed by atoms with Gasteiger partial charge in [-0.05, 0) is 50.9 Å². The first-order valence-corrected chi connectivity index (χ1v) is 9.85. The molecule has 118 valence electrons. The average Bonchev–Trinajstić information content (AvgIpc) is 3.13. The van der Waals surface area contributed by atoms with Gasteiger partial charge in [0.15, 0.2) is 0 Å². The summed E-state index contributed by atoms with van der Waals surface area (Å²) < 4.78 is 33.8. The number of thiophene rings is 1. The molecule has 3 atom stereocenters. The molecule has 0 aromatic carbocycles. The van der Waals surface area contributed by atoms with E-state index in [9.17, 15) is 8.42 Å². The van der Waals surface area contributed by atoms with Crippen molar-refractivity contribution in [1.82, 2.24) is 10.0 Å². The van der Waals surface area contributed by atoms with Gasteiger partial charge >= 0.3 is 0 Å². The fraction of sp³-hybridized carbons (Fsp3) is 0.714. The van der Waals surface area contributed by atoms with Gasteiger partial charge < -0.3 is 10.1 Å². The number of nitrogens with one attached hydrogen (secondary N) is 2. The number of ether oxygens (including phenoxy) is 1. The second kappa shape index (κ2) is 6.34. The van der Waals surface area contributed by atoms with Crippen LogP contribution in [0.2, 0.25) is 0 Å². The molecule has 2 aliphatic heterocycles. The van der Waals surface area contributed by atoms with Crippen molar-refractivity contribution in [3.05, 3.63) is 17.0 Å². The van der Waals surface area contributed by atoms with Crippen molar-refractivity contribution < 1.29 is 13.2 Å². The zero-order chi connectivity index (χ0) is 14.9. The molecule has 2 bridgehead atoms. The molecule has 2 saturated heterocycles. The summed E-state index contributed by atoms with van der Waals surface area (Å²) in [6.45, 7) is 3.87. The zero-order valence-corrected chi connectivity index (χ0v) is 13.8. The number of hydrogen-bond donors (Lipinski definition) is 2. The van der Waals surface area contributed by atoms with E-state index in [4.69, 9.17) is 4.74 Å². The quantitative estimate of drug-likeness (QED) is 0.744. The molecule has 21 heavy (non-hydrogen) atoms. The predicted octanol–water partition coefficient (Wildman–Crippen LogP) is 1.50. The minimum atomic E-state index is -3.41. The fourth-order valence-corrected chi connectivity index (χ4v) is 5.69. The molecule has 3 unspecified atom stereocenters. The molecule has 0 saturated carbocycles. The van der Waals surface area contributed by atoms with E-state index in [0.29, 0.717) is 4.21 Å². The molecular weight excluding hydrogens is 308 g/mol. The minimum absolute atomic E-state index is 0.0546. The highest BCUT2D eigenvalue weighted by atomic mass is 32.2. The third-order valence-corrected chi connectivity index (χ3v) is 7.24. The first-order chi connectivity index (χ1) is 10.1. The molecule has 1 aromatic rings. The maximum atomic E-state index is 12.4. The SMILES string of the molecule is CCNCCc1ccc(S(=O)(=O)NC2CC3CCC2O3)s1. The number of rotatable bonds is 7. The molecule has 0 spiro atoms. The molecule has 2 aliphatic rings. The van der Waals surface area contributed by atoms with E-state index in [2.05, 4.69) is 17.0 Å². The van der Waals surface area contributed by atoms with Crippen LogP contribution in [-0.2, 0) is 21.2 Å². The lowest BCUT2D eigenvalue weighted by Gasteiger charge is -2.19. The Kier molecular flexibility index (Phi) is 4.66. The standard InChI is InChI=1S/C14H22N2O3S2/c1-2-15-8-7-11-4-6-14(20-11)21(17,18)16-12-9-10-3-5-13(12)19-10/h4,6,10,12-13,15-16H,2-3,5,7-9H2,1H3. The number of fused-ring (bicyclic) bond motifs is 2. The summed E-state index contributed by atoms with van der Waals surface area (Å²) in [5, 5.41) is 3.25. The van der Waals surface area contributed by atoms with Crippen molar-refractivity contribution in [3.8, 4) is 0 Å².